The van der Waals surface area contributed by atoms with E-state index in [0.29, 0.717) is 12.5 Å². The maximum atomic E-state index is 12.2. The SMILES string of the molecule is Cn1ncnc1NC(=O)C1CNc2ccccc21. The fraction of sp³-hybridized carbons (Fsp3) is 0.250. The molecule has 18 heavy (non-hydrogen) atoms. The molecule has 1 aliphatic heterocycles. The highest BCUT2D eigenvalue weighted by Crippen LogP contribution is 2.31. The van der Waals surface area contributed by atoms with E-state index in [9.17, 15) is 4.79 Å². The number of nitrogens with one attached hydrogen (secondary N) is 2. The molecule has 0 bridgehead atoms. The van der Waals surface area contributed by atoms with Crippen molar-refractivity contribution in [1.82, 2.24) is 14.8 Å². The molecule has 6 nitrogen and oxygen atoms in total. The number of anilines is 2. The third-order valence-electron chi connectivity index (χ3n) is 3.10. The van der Waals surface area contributed by atoms with Crippen LogP contribution in [0.5, 0.6) is 0 Å². The predicted octanol–water partition coefficient (Wildman–Crippen LogP) is 0.963. The second-order valence-corrected chi connectivity index (χ2v) is 4.22. The lowest BCUT2D eigenvalue weighted by atomic mass is 10.0. The van der Waals surface area contributed by atoms with E-state index in [4.69, 9.17) is 0 Å². The van der Waals surface area contributed by atoms with Gasteiger partial charge in [0.25, 0.3) is 0 Å². The van der Waals surface area contributed by atoms with Crippen molar-refractivity contribution in [3.8, 4) is 0 Å². The molecule has 92 valence electrons. The summed E-state index contributed by atoms with van der Waals surface area (Å²) in [5, 5.41) is 9.92. The topological polar surface area (TPSA) is 71.8 Å². The Balaban J connectivity index is 1.81. The molecule has 2 N–H and O–H groups in total. The van der Waals surface area contributed by atoms with Gasteiger partial charge in [-0.2, -0.15) is 10.1 Å². The number of fused-ring (bicyclic) bond motifs is 1. The third-order valence-corrected chi connectivity index (χ3v) is 3.10. The van der Waals surface area contributed by atoms with Crippen LogP contribution in [0, 0.1) is 0 Å². The number of aryl methyl sites for hydroxylation is 1. The lowest BCUT2D eigenvalue weighted by Gasteiger charge is -2.10. The lowest BCUT2D eigenvalue weighted by Crippen LogP contribution is -2.24. The average Bonchev–Trinajstić information content (AvgIpc) is 2.96. The molecule has 0 radical (unpaired) electrons. The van der Waals surface area contributed by atoms with Crippen LogP contribution in [0.3, 0.4) is 0 Å². The van der Waals surface area contributed by atoms with Gasteiger partial charge in [-0.3, -0.25) is 10.1 Å². The number of aromatic nitrogens is 3. The van der Waals surface area contributed by atoms with Crippen LogP contribution in [0.2, 0.25) is 0 Å². The fourth-order valence-corrected chi connectivity index (χ4v) is 2.12. The molecule has 1 aliphatic rings. The van der Waals surface area contributed by atoms with Crippen molar-refractivity contribution in [3.63, 3.8) is 0 Å². The highest BCUT2D eigenvalue weighted by molar-refractivity contribution is 5.97. The summed E-state index contributed by atoms with van der Waals surface area (Å²) in [6, 6.07) is 7.84. The lowest BCUT2D eigenvalue weighted by molar-refractivity contribution is -0.117. The number of hydrogen-bond acceptors (Lipinski definition) is 4. The Hall–Kier alpha value is -2.37. The van der Waals surface area contributed by atoms with Crippen molar-refractivity contribution < 1.29 is 4.79 Å². The Kier molecular flexibility index (Phi) is 2.47. The summed E-state index contributed by atoms with van der Waals surface area (Å²) >= 11 is 0. The summed E-state index contributed by atoms with van der Waals surface area (Å²) in [5.74, 6) is 0.214. The van der Waals surface area contributed by atoms with Crippen LogP contribution in [-0.4, -0.2) is 27.2 Å². The summed E-state index contributed by atoms with van der Waals surface area (Å²) in [5.41, 5.74) is 2.05. The molecule has 1 amide bonds. The van der Waals surface area contributed by atoms with Gasteiger partial charge in [-0.25, -0.2) is 4.68 Å². The second-order valence-electron chi connectivity index (χ2n) is 4.22. The summed E-state index contributed by atoms with van der Waals surface area (Å²) in [6.45, 7) is 0.614. The van der Waals surface area contributed by atoms with Crippen LogP contribution in [0.4, 0.5) is 11.6 Å². The van der Waals surface area contributed by atoms with Gasteiger partial charge in [0.2, 0.25) is 11.9 Å². The van der Waals surface area contributed by atoms with Gasteiger partial charge in [0.05, 0.1) is 5.92 Å². The first kappa shape index (κ1) is 10.8. The van der Waals surface area contributed by atoms with Gasteiger partial charge in [0, 0.05) is 19.3 Å². The first-order valence-corrected chi connectivity index (χ1v) is 5.73. The Morgan fingerprint density at radius 1 is 1.50 bits per heavy atom. The van der Waals surface area contributed by atoms with E-state index < -0.39 is 0 Å². The van der Waals surface area contributed by atoms with Crippen LogP contribution in [0.1, 0.15) is 11.5 Å². The van der Waals surface area contributed by atoms with Crippen molar-refractivity contribution in [2.75, 3.05) is 17.2 Å². The number of rotatable bonds is 2. The molecule has 2 aromatic rings. The van der Waals surface area contributed by atoms with Crippen LogP contribution in [0.15, 0.2) is 30.6 Å². The molecule has 1 aromatic heterocycles. The van der Waals surface area contributed by atoms with E-state index in [1.54, 1.807) is 7.05 Å². The molecule has 0 saturated carbocycles. The molecule has 6 heteroatoms. The van der Waals surface area contributed by atoms with E-state index in [0.717, 1.165) is 11.3 Å². The third kappa shape index (κ3) is 1.71. The first-order chi connectivity index (χ1) is 8.75. The maximum Gasteiger partial charge on any atom is 0.236 e. The number of para-hydroxylation sites is 1. The molecule has 0 fully saturated rings. The summed E-state index contributed by atoms with van der Waals surface area (Å²) in [7, 11) is 1.74. The largest absolute Gasteiger partial charge is 0.384 e. The zero-order valence-electron chi connectivity index (χ0n) is 9.92. The van der Waals surface area contributed by atoms with E-state index in [1.807, 2.05) is 24.3 Å². The molecule has 3 rings (SSSR count). The number of carbonyl (C=O) groups excluding carboxylic acids is 1. The summed E-state index contributed by atoms with van der Waals surface area (Å²) in [4.78, 5) is 16.2. The zero-order valence-corrected chi connectivity index (χ0v) is 9.92. The maximum absolute atomic E-state index is 12.2. The Labute approximate surface area is 104 Å². The molecule has 0 aliphatic carbocycles. The summed E-state index contributed by atoms with van der Waals surface area (Å²) < 4.78 is 1.53. The number of amides is 1. The molecule has 1 aromatic carbocycles. The minimum absolute atomic E-state index is 0.0662. The van der Waals surface area contributed by atoms with Crippen molar-refractivity contribution >= 4 is 17.5 Å². The number of benzene rings is 1. The van der Waals surface area contributed by atoms with Crippen molar-refractivity contribution in [3.05, 3.63) is 36.2 Å². The number of nitrogens with zero attached hydrogens (tertiary/aromatic N) is 3. The van der Waals surface area contributed by atoms with Gasteiger partial charge >= 0.3 is 0 Å². The van der Waals surface area contributed by atoms with Gasteiger partial charge in [-0.1, -0.05) is 18.2 Å². The normalized spacial score (nSPS) is 17.1. The molecule has 2 heterocycles. The number of carbonyl (C=O) groups is 1. The van der Waals surface area contributed by atoms with Crippen LogP contribution < -0.4 is 10.6 Å². The Morgan fingerprint density at radius 3 is 3.11 bits per heavy atom. The van der Waals surface area contributed by atoms with E-state index >= 15 is 0 Å². The van der Waals surface area contributed by atoms with Gasteiger partial charge in [-0.15, -0.1) is 0 Å². The standard InChI is InChI=1S/C12H13N5O/c1-17-12(14-7-15-17)16-11(18)9-6-13-10-5-3-2-4-8(9)10/h2-5,7,9,13H,6H2,1H3,(H,14,15,16,18). The van der Waals surface area contributed by atoms with Gasteiger partial charge in [-0.05, 0) is 11.6 Å². The smallest absolute Gasteiger partial charge is 0.236 e. The van der Waals surface area contributed by atoms with Gasteiger partial charge in [0.1, 0.15) is 6.33 Å². The highest BCUT2D eigenvalue weighted by Gasteiger charge is 2.28. The Morgan fingerprint density at radius 2 is 2.33 bits per heavy atom. The van der Waals surface area contributed by atoms with Crippen LogP contribution in [-0.2, 0) is 11.8 Å². The predicted molar refractivity (Wildman–Crippen MR) is 67.3 cm³/mol. The zero-order chi connectivity index (χ0) is 12.5. The Bertz CT molecular complexity index is 592. The quantitative estimate of drug-likeness (QED) is 0.824. The molecular formula is C12H13N5O. The molecular weight excluding hydrogens is 230 g/mol. The van der Waals surface area contributed by atoms with Crippen molar-refractivity contribution in [2.24, 2.45) is 7.05 Å². The van der Waals surface area contributed by atoms with E-state index in [1.165, 1.54) is 11.0 Å². The van der Waals surface area contributed by atoms with Gasteiger partial charge in [0.15, 0.2) is 0 Å². The van der Waals surface area contributed by atoms with Crippen LogP contribution in [0.25, 0.3) is 0 Å². The van der Waals surface area contributed by atoms with Crippen molar-refractivity contribution in [2.45, 2.75) is 5.92 Å². The molecule has 1 unspecified atom stereocenters. The monoisotopic (exact) mass is 243 g/mol. The summed E-state index contributed by atoms with van der Waals surface area (Å²) in [6.07, 6.45) is 1.41. The average molecular weight is 243 g/mol. The highest BCUT2D eigenvalue weighted by atomic mass is 16.2. The fourth-order valence-electron chi connectivity index (χ4n) is 2.12. The van der Waals surface area contributed by atoms with Crippen molar-refractivity contribution in [1.29, 1.82) is 0 Å². The van der Waals surface area contributed by atoms with E-state index in [-0.39, 0.29) is 11.8 Å². The minimum atomic E-state index is -0.183. The minimum Gasteiger partial charge on any atom is -0.384 e. The van der Waals surface area contributed by atoms with E-state index in [2.05, 4.69) is 20.7 Å². The molecule has 1 atom stereocenters. The van der Waals surface area contributed by atoms with Crippen LogP contribution >= 0.6 is 0 Å². The first-order valence-electron chi connectivity index (χ1n) is 5.73. The number of hydrogen-bond donors (Lipinski definition) is 2. The molecule has 0 spiro atoms. The molecule has 0 saturated heterocycles. The van der Waals surface area contributed by atoms with Gasteiger partial charge < -0.3 is 5.32 Å². The second kappa shape index (κ2) is 4.14.